The summed E-state index contributed by atoms with van der Waals surface area (Å²) < 4.78 is 5.95. The van der Waals surface area contributed by atoms with Gasteiger partial charge in [0.25, 0.3) is 0 Å². The molecule has 5 heteroatoms. The van der Waals surface area contributed by atoms with Crippen LogP contribution in [-0.2, 0) is 11.8 Å². The van der Waals surface area contributed by atoms with Crippen molar-refractivity contribution in [3.63, 3.8) is 0 Å². The molecular formula is C24H36N4O. The van der Waals surface area contributed by atoms with Crippen molar-refractivity contribution in [3.8, 4) is 11.5 Å². The van der Waals surface area contributed by atoms with Gasteiger partial charge in [0.2, 0.25) is 11.8 Å². The number of hydrogen-bond acceptors (Lipinski definition) is 4. The lowest BCUT2D eigenvalue weighted by atomic mass is 10.00. The zero-order chi connectivity index (χ0) is 20.7. The molecule has 0 bridgehead atoms. The lowest BCUT2D eigenvalue weighted by molar-refractivity contribution is 0.485. The van der Waals surface area contributed by atoms with Crippen LogP contribution in [0.2, 0.25) is 0 Å². The summed E-state index contributed by atoms with van der Waals surface area (Å²) in [4.78, 5) is 0. The smallest absolute Gasteiger partial charge is 0.248 e. The second-order valence-electron chi connectivity index (χ2n) is 8.64. The highest BCUT2D eigenvalue weighted by Crippen LogP contribution is 2.47. The molecule has 1 fully saturated rings. The van der Waals surface area contributed by atoms with Crippen molar-refractivity contribution >= 4 is 5.84 Å². The number of nitrogens with one attached hydrogen (secondary N) is 1. The van der Waals surface area contributed by atoms with Crippen LogP contribution in [0, 0.1) is 12.3 Å². The first-order valence-electron chi connectivity index (χ1n) is 11.3. The predicted octanol–water partition coefficient (Wildman–Crippen LogP) is 6.09. The minimum absolute atomic E-state index is 0.128. The van der Waals surface area contributed by atoms with Gasteiger partial charge in [-0.15, -0.1) is 10.2 Å². The van der Waals surface area contributed by atoms with Crippen molar-refractivity contribution in [1.29, 1.82) is 5.41 Å². The van der Waals surface area contributed by atoms with Gasteiger partial charge in [-0.2, -0.15) is 0 Å². The van der Waals surface area contributed by atoms with Gasteiger partial charge in [-0.05, 0) is 49.8 Å². The van der Waals surface area contributed by atoms with E-state index in [2.05, 4.69) is 42.2 Å². The number of benzene rings is 1. The highest BCUT2D eigenvalue weighted by atomic mass is 16.4. The molecule has 0 saturated heterocycles. The molecule has 1 aromatic carbocycles. The minimum atomic E-state index is -0.507. The molecule has 0 spiro atoms. The third kappa shape index (κ3) is 5.46. The number of unbranched alkanes of at least 4 members (excludes halogenated alkanes) is 8. The van der Waals surface area contributed by atoms with Crippen LogP contribution in [0.4, 0.5) is 0 Å². The highest BCUT2D eigenvalue weighted by molar-refractivity contribution is 5.91. The zero-order valence-electron chi connectivity index (χ0n) is 18.1. The van der Waals surface area contributed by atoms with Crippen molar-refractivity contribution in [2.24, 2.45) is 5.73 Å². The highest BCUT2D eigenvalue weighted by Gasteiger charge is 2.52. The van der Waals surface area contributed by atoms with E-state index in [4.69, 9.17) is 15.6 Å². The summed E-state index contributed by atoms with van der Waals surface area (Å²) >= 11 is 0. The third-order valence-electron chi connectivity index (χ3n) is 6.20. The Kier molecular flexibility index (Phi) is 7.45. The Labute approximate surface area is 175 Å². The van der Waals surface area contributed by atoms with Crippen molar-refractivity contribution in [1.82, 2.24) is 10.2 Å². The molecule has 158 valence electrons. The van der Waals surface area contributed by atoms with Crippen molar-refractivity contribution < 1.29 is 4.42 Å². The Morgan fingerprint density at radius 3 is 2.31 bits per heavy atom. The molecule has 1 heterocycles. The second-order valence-corrected chi connectivity index (χ2v) is 8.64. The maximum absolute atomic E-state index is 7.80. The van der Waals surface area contributed by atoms with Crippen LogP contribution in [0.1, 0.15) is 94.6 Å². The Morgan fingerprint density at radius 2 is 1.69 bits per heavy atom. The third-order valence-corrected chi connectivity index (χ3v) is 6.20. The molecule has 0 atom stereocenters. The van der Waals surface area contributed by atoms with Crippen LogP contribution in [0.25, 0.3) is 11.5 Å². The van der Waals surface area contributed by atoms with E-state index in [1.54, 1.807) is 0 Å². The van der Waals surface area contributed by atoms with Gasteiger partial charge in [0, 0.05) is 5.56 Å². The van der Waals surface area contributed by atoms with Gasteiger partial charge in [-0.3, -0.25) is 5.41 Å². The molecule has 1 saturated carbocycles. The number of aryl methyl sites for hydroxylation is 2. The van der Waals surface area contributed by atoms with E-state index in [9.17, 15) is 0 Å². The number of hydrogen-bond donors (Lipinski definition) is 2. The molecule has 3 rings (SSSR count). The first-order chi connectivity index (χ1) is 14.1. The summed E-state index contributed by atoms with van der Waals surface area (Å²) in [5, 5.41) is 16.3. The van der Waals surface area contributed by atoms with E-state index in [0.717, 1.165) is 30.4 Å². The first-order valence-corrected chi connectivity index (χ1v) is 11.3. The van der Waals surface area contributed by atoms with Gasteiger partial charge in [-0.25, -0.2) is 0 Å². The van der Waals surface area contributed by atoms with E-state index in [0.29, 0.717) is 11.8 Å². The van der Waals surface area contributed by atoms with Crippen LogP contribution in [-0.4, -0.2) is 16.0 Å². The van der Waals surface area contributed by atoms with E-state index >= 15 is 0 Å². The lowest BCUT2D eigenvalue weighted by Crippen LogP contribution is -2.27. The molecule has 1 aliphatic carbocycles. The summed E-state index contributed by atoms with van der Waals surface area (Å²) in [6.45, 7) is 4.34. The predicted molar refractivity (Wildman–Crippen MR) is 118 cm³/mol. The van der Waals surface area contributed by atoms with Gasteiger partial charge in [0.1, 0.15) is 11.3 Å². The molecule has 3 N–H and O–H groups in total. The van der Waals surface area contributed by atoms with Crippen molar-refractivity contribution in [2.45, 2.75) is 96.3 Å². The summed E-state index contributed by atoms with van der Waals surface area (Å²) in [6.07, 6.45) is 14.8. The zero-order valence-corrected chi connectivity index (χ0v) is 18.1. The van der Waals surface area contributed by atoms with Crippen molar-refractivity contribution in [3.05, 3.63) is 35.2 Å². The Bertz CT molecular complexity index is 807. The molecule has 0 aliphatic heterocycles. The summed E-state index contributed by atoms with van der Waals surface area (Å²) in [5.41, 5.74) is 8.68. The normalized spacial score (nSPS) is 14.8. The lowest BCUT2D eigenvalue weighted by Gasteiger charge is -2.08. The van der Waals surface area contributed by atoms with Gasteiger partial charge < -0.3 is 10.2 Å². The quantitative estimate of drug-likeness (QED) is 0.244. The largest absolute Gasteiger partial charge is 0.420 e. The first kappa shape index (κ1) is 21.5. The van der Waals surface area contributed by atoms with E-state index < -0.39 is 5.41 Å². The monoisotopic (exact) mass is 396 g/mol. The van der Waals surface area contributed by atoms with Crippen LogP contribution in [0.5, 0.6) is 0 Å². The number of amidine groups is 1. The van der Waals surface area contributed by atoms with E-state index in [-0.39, 0.29) is 5.84 Å². The minimum Gasteiger partial charge on any atom is -0.420 e. The fourth-order valence-electron chi connectivity index (χ4n) is 3.94. The maximum atomic E-state index is 7.80. The maximum Gasteiger partial charge on any atom is 0.248 e. The standard InChI is InChI=1S/C24H36N4O/c1-3-4-5-6-7-8-9-10-11-12-19-14-13-18(2)20(17-19)21-27-28-23(29-21)24(15-16-24)22(25)26/h13-14,17H,3-12,15-16H2,1-2H3,(H3,25,26). The fraction of sp³-hybridized carbons (Fsp3) is 0.625. The van der Waals surface area contributed by atoms with Gasteiger partial charge in [0.05, 0.1) is 0 Å². The van der Waals surface area contributed by atoms with Gasteiger partial charge >= 0.3 is 0 Å². The summed E-state index contributed by atoms with van der Waals surface area (Å²) in [6, 6.07) is 6.53. The number of rotatable bonds is 13. The Hall–Kier alpha value is -2.17. The fourth-order valence-corrected chi connectivity index (χ4v) is 3.94. The number of nitrogens with zero attached hydrogens (tertiary/aromatic N) is 2. The average molecular weight is 397 g/mol. The Morgan fingerprint density at radius 1 is 1.03 bits per heavy atom. The SMILES string of the molecule is CCCCCCCCCCCc1ccc(C)c(-c2nnc(C3(C(=N)N)CC3)o2)c1. The molecule has 0 unspecified atom stereocenters. The topological polar surface area (TPSA) is 88.8 Å². The van der Waals surface area contributed by atoms with Crippen LogP contribution < -0.4 is 5.73 Å². The van der Waals surface area contributed by atoms with E-state index in [1.807, 2.05) is 0 Å². The van der Waals surface area contributed by atoms with Gasteiger partial charge in [-0.1, -0.05) is 70.4 Å². The van der Waals surface area contributed by atoms with Crippen LogP contribution in [0.15, 0.2) is 22.6 Å². The molecule has 0 radical (unpaired) electrons. The molecule has 1 aromatic heterocycles. The second kappa shape index (κ2) is 10.0. The summed E-state index contributed by atoms with van der Waals surface area (Å²) in [5.74, 6) is 1.16. The van der Waals surface area contributed by atoms with Gasteiger partial charge in [0.15, 0.2) is 0 Å². The molecule has 1 aliphatic rings. The van der Waals surface area contributed by atoms with E-state index in [1.165, 1.54) is 63.4 Å². The molecular weight excluding hydrogens is 360 g/mol. The summed E-state index contributed by atoms with van der Waals surface area (Å²) in [7, 11) is 0. The van der Waals surface area contributed by atoms with Crippen LogP contribution in [0.3, 0.4) is 0 Å². The Balaban J connectivity index is 1.50. The molecule has 29 heavy (non-hydrogen) atoms. The average Bonchev–Trinajstić information content (AvgIpc) is 3.39. The number of aromatic nitrogens is 2. The van der Waals surface area contributed by atoms with Crippen molar-refractivity contribution in [2.75, 3.05) is 0 Å². The number of nitrogens with two attached hydrogens (primary N) is 1. The van der Waals surface area contributed by atoms with Crippen LogP contribution >= 0.6 is 0 Å². The molecule has 5 nitrogen and oxygen atoms in total. The molecule has 2 aromatic rings. The molecule has 0 amide bonds.